The minimum atomic E-state index is 0.844. The third-order valence-corrected chi connectivity index (χ3v) is 3.70. The van der Waals surface area contributed by atoms with Crippen LogP contribution < -0.4 is 5.32 Å². The lowest BCUT2D eigenvalue weighted by Crippen LogP contribution is -2.37. The maximum absolute atomic E-state index is 5.39. The van der Waals surface area contributed by atoms with Crippen molar-refractivity contribution in [2.45, 2.75) is 19.8 Å². The topological polar surface area (TPSA) is 24.5 Å². The molecule has 2 fully saturated rings. The van der Waals surface area contributed by atoms with Crippen LogP contribution in [-0.4, -0.2) is 51.3 Å². The second kappa shape index (κ2) is 5.80. The van der Waals surface area contributed by atoms with Crippen LogP contribution in [0, 0.1) is 5.92 Å². The van der Waals surface area contributed by atoms with Crippen LogP contribution >= 0.6 is 0 Å². The summed E-state index contributed by atoms with van der Waals surface area (Å²) in [7, 11) is 2.24. The van der Waals surface area contributed by atoms with E-state index in [2.05, 4.69) is 24.2 Å². The summed E-state index contributed by atoms with van der Waals surface area (Å²) in [6.07, 6.45) is 2.48. The van der Waals surface area contributed by atoms with Crippen molar-refractivity contribution >= 4 is 0 Å². The van der Waals surface area contributed by atoms with E-state index in [1.165, 1.54) is 19.4 Å². The maximum Gasteiger partial charge on any atom is 0.0469 e. The summed E-state index contributed by atoms with van der Waals surface area (Å²) < 4.78 is 5.39. The first kappa shape index (κ1) is 12.1. The summed E-state index contributed by atoms with van der Waals surface area (Å²) in [5.74, 6) is 0.844. The van der Waals surface area contributed by atoms with E-state index >= 15 is 0 Å². The number of nitrogens with zero attached hydrogens (tertiary/aromatic N) is 1. The van der Waals surface area contributed by atoms with Crippen molar-refractivity contribution in [2.75, 3.05) is 46.4 Å². The molecule has 0 aromatic heterocycles. The van der Waals surface area contributed by atoms with Crippen molar-refractivity contribution < 1.29 is 4.74 Å². The number of hydrogen-bond acceptors (Lipinski definition) is 3. The Hall–Kier alpha value is -0.380. The average Bonchev–Trinajstić information content (AvgIpc) is 2.15. The summed E-state index contributed by atoms with van der Waals surface area (Å²) in [4.78, 5) is 2.47. The highest BCUT2D eigenvalue weighted by molar-refractivity contribution is 5.22. The van der Waals surface area contributed by atoms with Crippen LogP contribution in [0.3, 0.4) is 0 Å². The van der Waals surface area contributed by atoms with Gasteiger partial charge in [-0.1, -0.05) is 5.57 Å². The van der Waals surface area contributed by atoms with E-state index in [9.17, 15) is 0 Å². The van der Waals surface area contributed by atoms with Crippen molar-refractivity contribution in [3.8, 4) is 0 Å². The van der Waals surface area contributed by atoms with Crippen LogP contribution in [0.5, 0.6) is 0 Å². The van der Waals surface area contributed by atoms with Crippen LogP contribution in [0.4, 0.5) is 0 Å². The fourth-order valence-electron chi connectivity index (χ4n) is 2.50. The zero-order valence-electron chi connectivity index (χ0n) is 10.6. The molecule has 2 aliphatic heterocycles. The Labute approximate surface area is 98.8 Å². The lowest BCUT2D eigenvalue weighted by atomic mass is 9.99. The highest BCUT2D eigenvalue weighted by atomic mass is 16.5. The highest BCUT2D eigenvalue weighted by Gasteiger charge is 2.17. The Morgan fingerprint density at radius 2 is 2.06 bits per heavy atom. The quantitative estimate of drug-likeness (QED) is 0.728. The second-order valence-corrected chi connectivity index (χ2v) is 5.24. The molecule has 0 spiro atoms. The van der Waals surface area contributed by atoms with Crippen LogP contribution in [0.15, 0.2) is 11.1 Å². The molecule has 2 aliphatic rings. The molecule has 2 saturated heterocycles. The van der Waals surface area contributed by atoms with Gasteiger partial charge >= 0.3 is 0 Å². The van der Waals surface area contributed by atoms with E-state index < -0.39 is 0 Å². The van der Waals surface area contributed by atoms with E-state index in [-0.39, 0.29) is 0 Å². The molecule has 2 rings (SSSR count). The lowest BCUT2D eigenvalue weighted by Gasteiger charge is -2.29. The van der Waals surface area contributed by atoms with Crippen LogP contribution in [0.1, 0.15) is 19.8 Å². The molecule has 2 heterocycles. The normalized spacial score (nSPS) is 22.3. The van der Waals surface area contributed by atoms with Gasteiger partial charge in [0.2, 0.25) is 0 Å². The Balaban J connectivity index is 1.72. The first-order chi connectivity index (χ1) is 7.75. The van der Waals surface area contributed by atoms with E-state index in [0.29, 0.717) is 0 Å². The fourth-order valence-corrected chi connectivity index (χ4v) is 2.50. The van der Waals surface area contributed by atoms with E-state index in [0.717, 1.165) is 38.8 Å². The van der Waals surface area contributed by atoms with Crippen LogP contribution in [-0.2, 0) is 4.74 Å². The van der Waals surface area contributed by atoms with Crippen molar-refractivity contribution in [1.29, 1.82) is 0 Å². The summed E-state index contributed by atoms with van der Waals surface area (Å²) in [5, 5.41) is 3.30. The molecule has 1 N–H and O–H groups in total. The van der Waals surface area contributed by atoms with E-state index in [1.807, 2.05) is 0 Å². The molecule has 0 saturated carbocycles. The zero-order chi connectivity index (χ0) is 11.4. The summed E-state index contributed by atoms with van der Waals surface area (Å²) in [5.41, 5.74) is 3.17. The summed E-state index contributed by atoms with van der Waals surface area (Å²) in [6.45, 7) is 8.77. The number of likely N-dealkylation sites (N-methyl/N-ethyl adjacent to an activating group) is 1. The van der Waals surface area contributed by atoms with Gasteiger partial charge in [-0.3, -0.25) is 0 Å². The van der Waals surface area contributed by atoms with Crippen molar-refractivity contribution in [3.05, 3.63) is 11.1 Å². The van der Waals surface area contributed by atoms with Crippen molar-refractivity contribution in [2.24, 2.45) is 5.92 Å². The third-order valence-electron chi connectivity index (χ3n) is 3.70. The van der Waals surface area contributed by atoms with Crippen molar-refractivity contribution in [1.82, 2.24) is 10.2 Å². The molecular formula is C13H24N2O. The van der Waals surface area contributed by atoms with Gasteiger partial charge in [0.1, 0.15) is 0 Å². The standard InChI is InChI=1S/C13H24N2O/c1-11(13-7-14-8-13)9-15(2)10-12-3-5-16-6-4-12/h12,14H,3-10H2,1-2H3. The SMILES string of the molecule is CC(CN(C)CC1CCOCC1)=C1CNC1. The molecule has 0 amide bonds. The number of rotatable bonds is 4. The number of ether oxygens (including phenoxy) is 1. The molecule has 3 heteroatoms. The zero-order valence-corrected chi connectivity index (χ0v) is 10.6. The van der Waals surface area contributed by atoms with E-state index in [4.69, 9.17) is 4.74 Å². The van der Waals surface area contributed by atoms with Gasteiger partial charge in [-0.15, -0.1) is 0 Å². The van der Waals surface area contributed by atoms with Crippen molar-refractivity contribution in [3.63, 3.8) is 0 Å². The van der Waals surface area contributed by atoms with Crippen LogP contribution in [0.2, 0.25) is 0 Å². The molecule has 0 unspecified atom stereocenters. The number of nitrogens with one attached hydrogen (secondary N) is 1. The summed E-state index contributed by atoms with van der Waals surface area (Å²) >= 11 is 0. The molecular weight excluding hydrogens is 200 g/mol. The molecule has 92 valence electrons. The Bertz CT molecular complexity index is 251. The fraction of sp³-hybridized carbons (Fsp3) is 0.846. The van der Waals surface area contributed by atoms with Gasteiger partial charge in [-0.2, -0.15) is 0 Å². The largest absolute Gasteiger partial charge is 0.381 e. The Morgan fingerprint density at radius 1 is 1.38 bits per heavy atom. The smallest absolute Gasteiger partial charge is 0.0469 e. The van der Waals surface area contributed by atoms with Gasteiger partial charge in [0.05, 0.1) is 0 Å². The van der Waals surface area contributed by atoms with Gasteiger partial charge < -0.3 is 15.0 Å². The Morgan fingerprint density at radius 3 is 2.62 bits per heavy atom. The number of hydrogen-bond donors (Lipinski definition) is 1. The Kier molecular flexibility index (Phi) is 4.38. The maximum atomic E-state index is 5.39. The first-order valence-corrected chi connectivity index (χ1v) is 6.40. The van der Waals surface area contributed by atoms with Gasteiger partial charge in [0, 0.05) is 39.4 Å². The predicted molar refractivity (Wildman–Crippen MR) is 66.6 cm³/mol. The van der Waals surface area contributed by atoms with Gasteiger partial charge in [0.25, 0.3) is 0 Å². The van der Waals surface area contributed by atoms with E-state index in [1.54, 1.807) is 11.1 Å². The average molecular weight is 224 g/mol. The second-order valence-electron chi connectivity index (χ2n) is 5.24. The monoisotopic (exact) mass is 224 g/mol. The highest BCUT2D eigenvalue weighted by Crippen LogP contribution is 2.17. The minimum absolute atomic E-state index is 0.844. The lowest BCUT2D eigenvalue weighted by molar-refractivity contribution is 0.0566. The molecule has 0 aromatic rings. The van der Waals surface area contributed by atoms with Gasteiger partial charge in [0.15, 0.2) is 0 Å². The van der Waals surface area contributed by atoms with Crippen LogP contribution in [0.25, 0.3) is 0 Å². The van der Waals surface area contributed by atoms with Gasteiger partial charge in [-0.05, 0) is 38.3 Å². The molecule has 0 aliphatic carbocycles. The minimum Gasteiger partial charge on any atom is -0.381 e. The third kappa shape index (κ3) is 3.30. The molecule has 3 nitrogen and oxygen atoms in total. The molecule has 0 aromatic carbocycles. The molecule has 16 heavy (non-hydrogen) atoms. The first-order valence-electron chi connectivity index (χ1n) is 6.40. The van der Waals surface area contributed by atoms with Gasteiger partial charge in [-0.25, -0.2) is 0 Å². The molecule has 0 atom stereocenters. The predicted octanol–water partition coefficient (Wildman–Crippen LogP) is 1.26. The molecule has 0 radical (unpaired) electrons. The molecule has 0 bridgehead atoms. The summed E-state index contributed by atoms with van der Waals surface area (Å²) in [6, 6.07) is 0.